The molecule has 0 fully saturated rings. The van der Waals surface area contributed by atoms with Crippen LogP contribution in [0.1, 0.15) is 12.8 Å². The van der Waals surface area contributed by atoms with Crippen LogP contribution in [0.25, 0.3) is 0 Å². The topological polar surface area (TPSA) is 26.3 Å². The Bertz CT molecular complexity index is 249. The quantitative estimate of drug-likeness (QED) is 0.352. The van der Waals surface area contributed by atoms with Gasteiger partial charge in [0.05, 0.1) is 0 Å². The van der Waals surface area contributed by atoms with Gasteiger partial charge in [0.15, 0.2) is 0 Å². The van der Waals surface area contributed by atoms with E-state index in [-0.39, 0.29) is 12.6 Å². The van der Waals surface area contributed by atoms with Crippen LogP contribution in [0.15, 0.2) is 49.6 Å². The van der Waals surface area contributed by atoms with Gasteiger partial charge in [0.2, 0.25) is 0 Å². The summed E-state index contributed by atoms with van der Waals surface area (Å²) in [6.07, 6.45) is 7.90. The average Bonchev–Trinajstić information content (AvgIpc) is 2.20. The fourth-order valence-corrected chi connectivity index (χ4v) is 0.858. The van der Waals surface area contributed by atoms with E-state index in [1.165, 1.54) is 6.08 Å². The number of hydrogen-bond donors (Lipinski definition) is 0. The highest BCUT2D eigenvalue weighted by Gasteiger charge is 2.07. The molecule has 0 aromatic rings. The first-order chi connectivity index (χ1) is 6.76. The smallest absolute Gasteiger partial charge is 0.334 e. The summed E-state index contributed by atoms with van der Waals surface area (Å²) in [5.41, 5.74) is 0.613. The Balaban J connectivity index is 4.30. The summed E-state index contributed by atoms with van der Waals surface area (Å²) in [7, 11) is 0. The molecule has 0 bridgehead atoms. The van der Waals surface area contributed by atoms with Crippen LogP contribution in [0.4, 0.5) is 0 Å². The van der Waals surface area contributed by atoms with Crippen molar-refractivity contribution in [3.05, 3.63) is 49.6 Å². The molecule has 0 rings (SSSR count). The number of ether oxygens (including phenoxy) is 1. The SMILES string of the molecule is C=CCC=C(CC=C)C(=O)OCC=C. The molecule has 14 heavy (non-hydrogen) atoms. The van der Waals surface area contributed by atoms with E-state index >= 15 is 0 Å². The highest BCUT2D eigenvalue weighted by Crippen LogP contribution is 2.06. The van der Waals surface area contributed by atoms with Crippen molar-refractivity contribution in [1.82, 2.24) is 0 Å². The third-order valence-corrected chi connectivity index (χ3v) is 1.49. The summed E-state index contributed by atoms with van der Waals surface area (Å²) in [4.78, 5) is 11.4. The van der Waals surface area contributed by atoms with Crippen LogP contribution in [0.2, 0.25) is 0 Å². The summed E-state index contributed by atoms with van der Waals surface area (Å²) < 4.78 is 4.90. The minimum atomic E-state index is -0.313. The van der Waals surface area contributed by atoms with E-state index in [0.717, 1.165) is 0 Å². The van der Waals surface area contributed by atoms with Crippen molar-refractivity contribution < 1.29 is 9.53 Å². The first kappa shape index (κ1) is 12.4. The van der Waals surface area contributed by atoms with Gasteiger partial charge in [-0.25, -0.2) is 4.79 Å². The van der Waals surface area contributed by atoms with E-state index < -0.39 is 0 Å². The van der Waals surface area contributed by atoms with Crippen molar-refractivity contribution in [3.63, 3.8) is 0 Å². The minimum absolute atomic E-state index is 0.238. The number of carbonyl (C=O) groups excluding carboxylic acids is 1. The molecular weight excluding hydrogens is 176 g/mol. The molecule has 0 amide bonds. The van der Waals surface area contributed by atoms with Crippen LogP contribution in [0.3, 0.4) is 0 Å². The van der Waals surface area contributed by atoms with Crippen molar-refractivity contribution in [1.29, 1.82) is 0 Å². The lowest BCUT2D eigenvalue weighted by Crippen LogP contribution is -2.07. The molecule has 0 spiro atoms. The lowest BCUT2D eigenvalue weighted by molar-refractivity contribution is -0.137. The van der Waals surface area contributed by atoms with Gasteiger partial charge in [0.1, 0.15) is 6.61 Å². The van der Waals surface area contributed by atoms with Gasteiger partial charge in [-0.2, -0.15) is 0 Å². The standard InChI is InChI=1S/C12H16O2/c1-4-7-9-11(8-5-2)12(13)14-10-6-3/h4-6,9H,1-3,7-8,10H2. The van der Waals surface area contributed by atoms with Gasteiger partial charge in [-0.1, -0.05) is 30.9 Å². The number of hydrogen-bond acceptors (Lipinski definition) is 2. The molecule has 0 aromatic heterocycles. The monoisotopic (exact) mass is 192 g/mol. The Hall–Kier alpha value is -1.57. The number of esters is 1. The Labute approximate surface area is 85.3 Å². The van der Waals surface area contributed by atoms with Gasteiger partial charge in [-0.3, -0.25) is 0 Å². The second kappa shape index (κ2) is 8.05. The zero-order valence-corrected chi connectivity index (χ0v) is 8.37. The predicted octanol–water partition coefficient (Wildman–Crippen LogP) is 2.79. The fraction of sp³-hybridized carbons (Fsp3) is 0.250. The first-order valence-electron chi connectivity index (χ1n) is 4.45. The van der Waals surface area contributed by atoms with E-state index in [1.54, 1.807) is 18.2 Å². The summed E-state index contributed by atoms with van der Waals surface area (Å²) in [5, 5.41) is 0. The van der Waals surface area contributed by atoms with Gasteiger partial charge in [0.25, 0.3) is 0 Å². The molecule has 76 valence electrons. The van der Waals surface area contributed by atoms with Crippen LogP contribution < -0.4 is 0 Å². The van der Waals surface area contributed by atoms with E-state index in [0.29, 0.717) is 18.4 Å². The van der Waals surface area contributed by atoms with Crippen LogP contribution in [0.5, 0.6) is 0 Å². The Morgan fingerprint density at radius 1 is 1.14 bits per heavy atom. The van der Waals surface area contributed by atoms with Crippen molar-refractivity contribution in [2.75, 3.05) is 6.61 Å². The van der Waals surface area contributed by atoms with Crippen LogP contribution >= 0.6 is 0 Å². The molecule has 0 radical (unpaired) electrons. The van der Waals surface area contributed by atoms with E-state index in [1.807, 2.05) is 0 Å². The zero-order chi connectivity index (χ0) is 10.8. The summed E-state index contributed by atoms with van der Waals surface area (Å²) in [5.74, 6) is -0.313. The molecule has 0 heterocycles. The molecule has 2 heteroatoms. The second-order valence-corrected chi connectivity index (χ2v) is 2.63. The molecule has 0 atom stereocenters. The zero-order valence-electron chi connectivity index (χ0n) is 8.37. The van der Waals surface area contributed by atoms with Gasteiger partial charge >= 0.3 is 5.97 Å². The molecular formula is C12H16O2. The normalized spacial score (nSPS) is 10.4. The Kier molecular flexibility index (Phi) is 7.15. The van der Waals surface area contributed by atoms with Crippen molar-refractivity contribution in [2.24, 2.45) is 0 Å². The maximum Gasteiger partial charge on any atom is 0.334 e. The third-order valence-electron chi connectivity index (χ3n) is 1.49. The van der Waals surface area contributed by atoms with Crippen molar-refractivity contribution in [2.45, 2.75) is 12.8 Å². The molecule has 0 aliphatic rings. The molecule has 0 aliphatic carbocycles. The highest BCUT2D eigenvalue weighted by atomic mass is 16.5. The van der Waals surface area contributed by atoms with Gasteiger partial charge in [-0.15, -0.1) is 13.2 Å². The van der Waals surface area contributed by atoms with E-state index in [9.17, 15) is 4.79 Å². The predicted molar refractivity (Wildman–Crippen MR) is 58.9 cm³/mol. The maximum absolute atomic E-state index is 11.4. The summed E-state index contributed by atoms with van der Waals surface area (Å²) in [6, 6.07) is 0. The lowest BCUT2D eigenvalue weighted by atomic mass is 10.1. The molecule has 0 N–H and O–H groups in total. The lowest BCUT2D eigenvalue weighted by Gasteiger charge is -2.03. The van der Waals surface area contributed by atoms with E-state index in [2.05, 4.69) is 19.7 Å². The Morgan fingerprint density at radius 3 is 2.36 bits per heavy atom. The van der Waals surface area contributed by atoms with Crippen LogP contribution in [-0.2, 0) is 9.53 Å². The molecule has 0 saturated heterocycles. The highest BCUT2D eigenvalue weighted by molar-refractivity contribution is 5.88. The summed E-state index contributed by atoms with van der Waals surface area (Å²) in [6.45, 7) is 10.9. The van der Waals surface area contributed by atoms with Crippen molar-refractivity contribution in [3.8, 4) is 0 Å². The minimum Gasteiger partial charge on any atom is -0.458 e. The van der Waals surface area contributed by atoms with Crippen LogP contribution in [0, 0.1) is 0 Å². The third kappa shape index (κ3) is 5.14. The fourth-order valence-electron chi connectivity index (χ4n) is 0.858. The van der Waals surface area contributed by atoms with Crippen LogP contribution in [-0.4, -0.2) is 12.6 Å². The molecule has 2 nitrogen and oxygen atoms in total. The van der Waals surface area contributed by atoms with Gasteiger partial charge in [0, 0.05) is 5.57 Å². The summed E-state index contributed by atoms with van der Waals surface area (Å²) >= 11 is 0. The largest absolute Gasteiger partial charge is 0.458 e. The Morgan fingerprint density at radius 2 is 1.86 bits per heavy atom. The maximum atomic E-state index is 11.4. The van der Waals surface area contributed by atoms with Crippen molar-refractivity contribution >= 4 is 5.97 Å². The molecule has 0 unspecified atom stereocenters. The van der Waals surface area contributed by atoms with E-state index in [4.69, 9.17) is 4.74 Å². The second-order valence-electron chi connectivity index (χ2n) is 2.63. The molecule has 0 aliphatic heterocycles. The first-order valence-corrected chi connectivity index (χ1v) is 4.45. The average molecular weight is 192 g/mol. The molecule has 0 saturated carbocycles. The van der Waals surface area contributed by atoms with Gasteiger partial charge < -0.3 is 4.74 Å². The van der Waals surface area contributed by atoms with Gasteiger partial charge in [-0.05, 0) is 12.8 Å². The number of carbonyl (C=O) groups is 1. The number of rotatable bonds is 7. The number of allylic oxidation sites excluding steroid dienone is 3. The molecule has 0 aromatic carbocycles.